The van der Waals surface area contributed by atoms with E-state index in [1.54, 1.807) is 6.92 Å². The maximum absolute atomic E-state index is 11.4. The van der Waals surface area contributed by atoms with Gasteiger partial charge in [-0.2, -0.15) is 0 Å². The van der Waals surface area contributed by atoms with E-state index in [0.717, 1.165) is 0 Å². The third-order valence-corrected chi connectivity index (χ3v) is 1.87. The van der Waals surface area contributed by atoms with Gasteiger partial charge in [-0.05, 0) is 31.2 Å². The van der Waals surface area contributed by atoms with E-state index < -0.39 is 12.1 Å². The largest absolute Gasteiger partial charge is 0.508 e. The number of aromatic hydroxyl groups is 1. The minimum absolute atomic E-state index is 0.107. The Morgan fingerprint density at radius 2 is 2.00 bits per heavy atom. The van der Waals surface area contributed by atoms with Gasteiger partial charge in [0.2, 0.25) is 0 Å². The lowest BCUT2D eigenvalue weighted by molar-refractivity contribution is 0.0444. The zero-order valence-corrected chi connectivity index (χ0v) is 8.51. The highest BCUT2D eigenvalue weighted by atomic mass is 16.5. The number of phenolic OH excluding ortho intramolecular Hbond substituents is 1. The first-order chi connectivity index (χ1) is 7.09. The number of rotatable bonds is 4. The van der Waals surface area contributed by atoms with Gasteiger partial charge in [0, 0.05) is 6.42 Å². The molecule has 1 aromatic rings. The molecule has 0 spiro atoms. The van der Waals surface area contributed by atoms with E-state index in [1.165, 1.54) is 24.3 Å². The molecule has 0 aliphatic heterocycles. The van der Waals surface area contributed by atoms with Gasteiger partial charge in [-0.15, -0.1) is 0 Å². The van der Waals surface area contributed by atoms with E-state index in [2.05, 4.69) is 0 Å². The summed E-state index contributed by atoms with van der Waals surface area (Å²) in [6.07, 6.45) is -0.0540. The average molecular weight is 210 g/mol. The molecular weight excluding hydrogens is 196 g/mol. The van der Waals surface area contributed by atoms with Crippen LogP contribution in [0.2, 0.25) is 0 Å². The SMILES string of the molecule is CC(O)CCOC(=O)c1ccc(O)cc1. The molecule has 0 fully saturated rings. The molecule has 1 unspecified atom stereocenters. The predicted octanol–water partition coefficient (Wildman–Crippen LogP) is 1.32. The Kier molecular flexibility index (Phi) is 4.12. The van der Waals surface area contributed by atoms with Crippen LogP contribution in [0.1, 0.15) is 23.7 Å². The van der Waals surface area contributed by atoms with Gasteiger partial charge in [0.1, 0.15) is 5.75 Å². The summed E-state index contributed by atoms with van der Waals surface area (Å²) in [6.45, 7) is 1.83. The van der Waals surface area contributed by atoms with Crippen molar-refractivity contribution in [3.8, 4) is 5.75 Å². The predicted molar refractivity (Wildman–Crippen MR) is 54.7 cm³/mol. The molecule has 0 radical (unpaired) electrons. The number of phenols is 1. The molecule has 0 saturated carbocycles. The summed E-state index contributed by atoms with van der Waals surface area (Å²) in [4.78, 5) is 11.4. The molecule has 0 heterocycles. The molecule has 15 heavy (non-hydrogen) atoms. The molecular formula is C11H14O4. The van der Waals surface area contributed by atoms with E-state index in [4.69, 9.17) is 14.9 Å². The molecule has 0 amide bonds. The van der Waals surface area contributed by atoms with E-state index in [0.29, 0.717) is 12.0 Å². The van der Waals surface area contributed by atoms with Crippen molar-refractivity contribution in [3.63, 3.8) is 0 Å². The number of benzene rings is 1. The van der Waals surface area contributed by atoms with Crippen LogP contribution < -0.4 is 0 Å². The summed E-state index contributed by atoms with van der Waals surface area (Å²) in [7, 11) is 0. The summed E-state index contributed by atoms with van der Waals surface area (Å²) in [6, 6.07) is 5.82. The number of ether oxygens (including phenoxy) is 1. The first-order valence-electron chi connectivity index (χ1n) is 4.74. The maximum Gasteiger partial charge on any atom is 0.338 e. The topological polar surface area (TPSA) is 66.8 Å². The van der Waals surface area contributed by atoms with Crippen molar-refractivity contribution in [3.05, 3.63) is 29.8 Å². The highest BCUT2D eigenvalue weighted by Crippen LogP contribution is 2.10. The van der Waals surface area contributed by atoms with Gasteiger partial charge < -0.3 is 14.9 Å². The summed E-state index contributed by atoms with van der Waals surface area (Å²) in [5.74, 6) is -0.341. The molecule has 0 aromatic heterocycles. The molecule has 0 saturated heterocycles. The van der Waals surface area contributed by atoms with Crippen LogP contribution in [0.15, 0.2) is 24.3 Å². The van der Waals surface area contributed by atoms with Crippen LogP contribution in [0.4, 0.5) is 0 Å². The van der Waals surface area contributed by atoms with Crippen molar-refractivity contribution in [2.45, 2.75) is 19.4 Å². The van der Waals surface area contributed by atoms with Crippen molar-refractivity contribution in [1.82, 2.24) is 0 Å². The van der Waals surface area contributed by atoms with Crippen LogP contribution in [0.5, 0.6) is 5.75 Å². The Bertz CT molecular complexity index is 316. The van der Waals surface area contributed by atoms with Crippen LogP contribution in [-0.2, 0) is 4.74 Å². The second-order valence-electron chi connectivity index (χ2n) is 3.32. The molecule has 0 bridgehead atoms. The monoisotopic (exact) mass is 210 g/mol. The van der Waals surface area contributed by atoms with Gasteiger partial charge >= 0.3 is 5.97 Å². The first-order valence-corrected chi connectivity index (χ1v) is 4.74. The normalized spacial score (nSPS) is 12.1. The zero-order chi connectivity index (χ0) is 11.3. The summed E-state index contributed by atoms with van der Waals surface area (Å²) < 4.78 is 4.90. The molecule has 1 rings (SSSR count). The van der Waals surface area contributed by atoms with Crippen LogP contribution in [0.3, 0.4) is 0 Å². The quantitative estimate of drug-likeness (QED) is 0.735. The molecule has 82 valence electrons. The first kappa shape index (κ1) is 11.5. The van der Waals surface area contributed by atoms with Crippen LogP contribution >= 0.6 is 0 Å². The Morgan fingerprint density at radius 1 is 1.40 bits per heavy atom. The number of carbonyl (C=O) groups excluding carboxylic acids is 1. The summed E-state index contributed by atoms with van der Waals surface area (Å²) in [5, 5.41) is 17.9. The number of hydrogen-bond acceptors (Lipinski definition) is 4. The highest BCUT2D eigenvalue weighted by Gasteiger charge is 2.07. The van der Waals surface area contributed by atoms with Crippen LogP contribution in [0, 0.1) is 0 Å². The average Bonchev–Trinajstić information content (AvgIpc) is 2.18. The smallest absolute Gasteiger partial charge is 0.338 e. The Hall–Kier alpha value is -1.55. The van der Waals surface area contributed by atoms with Crippen molar-refractivity contribution >= 4 is 5.97 Å². The van der Waals surface area contributed by atoms with E-state index in [9.17, 15) is 4.79 Å². The lowest BCUT2D eigenvalue weighted by Crippen LogP contribution is -2.10. The molecule has 1 atom stereocenters. The maximum atomic E-state index is 11.4. The number of aliphatic hydroxyl groups is 1. The van der Waals surface area contributed by atoms with Gasteiger partial charge in [0.05, 0.1) is 18.3 Å². The van der Waals surface area contributed by atoms with Crippen molar-refractivity contribution in [1.29, 1.82) is 0 Å². The van der Waals surface area contributed by atoms with Gasteiger partial charge in [0.25, 0.3) is 0 Å². The Morgan fingerprint density at radius 3 is 2.53 bits per heavy atom. The van der Waals surface area contributed by atoms with Crippen LogP contribution in [-0.4, -0.2) is 28.9 Å². The fourth-order valence-electron chi connectivity index (χ4n) is 1.00. The van der Waals surface area contributed by atoms with Gasteiger partial charge in [-0.1, -0.05) is 0 Å². The van der Waals surface area contributed by atoms with Crippen molar-refractivity contribution < 1.29 is 19.7 Å². The zero-order valence-electron chi connectivity index (χ0n) is 8.51. The number of carbonyl (C=O) groups is 1. The lowest BCUT2D eigenvalue weighted by atomic mass is 10.2. The molecule has 2 N–H and O–H groups in total. The van der Waals surface area contributed by atoms with Crippen molar-refractivity contribution in [2.24, 2.45) is 0 Å². The Labute approximate surface area is 88.1 Å². The van der Waals surface area contributed by atoms with Crippen LogP contribution in [0.25, 0.3) is 0 Å². The second-order valence-corrected chi connectivity index (χ2v) is 3.32. The molecule has 1 aromatic carbocycles. The lowest BCUT2D eigenvalue weighted by Gasteiger charge is -2.06. The molecule has 4 heteroatoms. The minimum atomic E-state index is -0.474. The van der Waals surface area contributed by atoms with Gasteiger partial charge in [-0.25, -0.2) is 4.79 Å². The minimum Gasteiger partial charge on any atom is -0.508 e. The van der Waals surface area contributed by atoms with E-state index in [1.807, 2.05) is 0 Å². The third kappa shape index (κ3) is 3.99. The molecule has 0 aliphatic rings. The van der Waals surface area contributed by atoms with E-state index in [-0.39, 0.29) is 12.4 Å². The third-order valence-electron chi connectivity index (χ3n) is 1.87. The fourth-order valence-corrected chi connectivity index (χ4v) is 1.00. The van der Waals surface area contributed by atoms with Crippen molar-refractivity contribution in [2.75, 3.05) is 6.61 Å². The fraction of sp³-hybridized carbons (Fsp3) is 0.364. The molecule has 0 aliphatic carbocycles. The highest BCUT2D eigenvalue weighted by molar-refractivity contribution is 5.89. The van der Waals surface area contributed by atoms with Gasteiger partial charge in [0.15, 0.2) is 0 Å². The summed E-state index contributed by atoms with van der Waals surface area (Å²) in [5.41, 5.74) is 0.387. The number of hydrogen-bond donors (Lipinski definition) is 2. The second kappa shape index (κ2) is 5.36. The van der Waals surface area contributed by atoms with E-state index >= 15 is 0 Å². The standard InChI is InChI=1S/C11H14O4/c1-8(12)6-7-15-11(14)9-2-4-10(13)5-3-9/h2-5,8,12-13H,6-7H2,1H3. The number of esters is 1. The molecule has 4 nitrogen and oxygen atoms in total. The Balaban J connectivity index is 2.43. The number of aliphatic hydroxyl groups excluding tert-OH is 1. The summed E-state index contributed by atoms with van der Waals surface area (Å²) >= 11 is 0. The van der Waals surface area contributed by atoms with Gasteiger partial charge in [-0.3, -0.25) is 0 Å².